The van der Waals surface area contributed by atoms with Crippen LogP contribution in [0.15, 0.2) is 30.6 Å². The van der Waals surface area contributed by atoms with Crippen molar-refractivity contribution < 1.29 is 5.11 Å². The Morgan fingerprint density at radius 2 is 2.09 bits per heavy atom. The lowest BCUT2D eigenvalue weighted by molar-refractivity contribution is -0.0907. The number of nitrogens with zero attached hydrogens (tertiary/aromatic N) is 2. The van der Waals surface area contributed by atoms with Crippen LogP contribution in [-0.2, 0) is 13.0 Å². The molecule has 23 heavy (non-hydrogen) atoms. The van der Waals surface area contributed by atoms with Crippen LogP contribution in [0.3, 0.4) is 0 Å². The van der Waals surface area contributed by atoms with Crippen LogP contribution in [0, 0.1) is 16.1 Å². The summed E-state index contributed by atoms with van der Waals surface area (Å²) in [6.45, 7) is 4.75. The topological polar surface area (TPSA) is 53.8 Å². The van der Waals surface area contributed by atoms with E-state index in [0.717, 1.165) is 24.3 Å². The van der Waals surface area contributed by atoms with Crippen LogP contribution in [0.25, 0.3) is 0 Å². The highest BCUT2D eigenvalue weighted by Gasteiger charge is 2.54. The summed E-state index contributed by atoms with van der Waals surface area (Å²) in [5.41, 5.74) is 0.226. The molecular formula is C17H22ClN3OS. The molecule has 1 aromatic carbocycles. The van der Waals surface area contributed by atoms with E-state index in [1.165, 1.54) is 5.56 Å². The van der Waals surface area contributed by atoms with Crippen molar-refractivity contribution in [2.24, 2.45) is 11.3 Å². The predicted molar refractivity (Wildman–Crippen MR) is 94.0 cm³/mol. The third kappa shape index (κ3) is 3.23. The van der Waals surface area contributed by atoms with Crippen molar-refractivity contribution in [3.8, 4) is 0 Å². The summed E-state index contributed by atoms with van der Waals surface area (Å²) in [6, 6.07) is 7.89. The fourth-order valence-corrected chi connectivity index (χ4v) is 4.00. The second kappa shape index (κ2) is 6.04. The van der Waals surface area contributed by atoms with Gasteiger partial charge in [-0.15, -0.1) is 0 Å². The van der Waals surface area contributed by atoms with Crippen LogP contribution in [0.1, 0.15) is 32.3 Å². The van der Waals surface area contributed by atoms with Crippen LogP contribution in [-0.4, -0.2) is 25.5 Å². The van der Waals surface area contributed by atoms with Gasteiger partial charge in [-0.1, -0.05) is 37.6 Å². The molecule has 4 nitrogen and oxygen atoms in total. The first-order valence-corrected chi connectivity index (χ1v) is 8.67. The molecule has 1 aromatic heterocycles. The Balaban J connectivity index is 1.86. The summed E-state index contributed by atoms with van der Waals surface area (Å²) >= 11 is 11.0. The van der Waals surface area contributed by atoms with Gasteiger partial charge in [0.2, 0.25) is 4.77 Å². The van der Waals surface area contributed by atoms with E-state index in [1.54, 1.807) is 11.0 Å². The predicted octanol–water partition coefficient (Wildman–Crippen LogP) is 4.00. The maximum absolute atomic E-state index is 11.5. The molecule has 124 valence electrons. The fraction of sp³-hybridized carbons (Fsp3) is 0.529. The highest BCUT2D eigenvalue weighted by atomic mass is 35.5. The van der Waals surface area contributed by atoms with Gasteiger partial charge < -0.3 is 5.11 Å². The zero-order valence-electron chi connectivity index (χ0n) is 13.4. The third-order valence-electron chi connectivity index (χ3n) is 5.33. The lowest BCUT2D eigenvalue weighted by atomic mass is 9.72. The van der Waals surface area contributed by atoms with Gasteiger partial charge >= 0.3 is 0 Å². The van der Waals surface area contributed by atoms with Gasteiger partial charge in [0.05, 0.1) is 12.1 Å². The van der Waals surface area contributed by atoms with Crippen LogP contribution < -0.4 is 0 Å². The molecule has 1 aliphatic rings. The fourth-order valence-electron chi connectivity index (χ4n) is 3.70. The molecule has 0 spiro atoms. The van der Waals surface area contributed by atoms with Crippen LogP contribution in [0.2, 0.25) is 5.02 Å². The summed E-state index contributed by atoms with van der Waals surface area (Å²) in [6.07, 6.45) is 4.50. The maximum atomic E-state index is 11.5. The van der Waals surface area contributed by atoms with Crippen LogP contribution in [0.5, 0.6) is 0 Å². The summed E-state index contributed by atoms with van der Waals surface area (Å²) in [4.78, 5) is 4.05. The molecule has 2 N–H and O–H groups in total. The first-order chi connectivity index (χ1) is 10.8. The van der Waals surface area contributed by atoms with Gasteiger partial charge in [0.1, 0.15) is 6.33 Å². The van der Waals surface area contributed by atoms with Crippen molar-refractivity contribution in [2.75, 3.05) is 0 Å². The number of aromatic nitrogens is 3. The molecule has 0 unspecified atom stereocenters. The average molecular weight is 352 g/mol. The molecular weight excluding hydrogens is 330 g/mol. The summed E-state index contributed by atoms with van der Waals surface area (Å²) in [5.74, 6) is 0.183. The van der Waals surface area contributed by atoms with Gasteiger partial charge in [-0.2, -0.15) is 0 Å². The quantitative estimate of drug-likeness (QED) is 0.818. The largest absolute Gasteiger partial charge is 0.387 e. The first kappa shape index (κ1) is 16.7. The minimum Gasteiger partial charge on any atom is -0.387 e. The van der Waals surface area contributed by atoms with Gasteiger partial charge in [0.25, 0.3) is 0 Å². The number of rotatable bonds is 4. The molecule has 0 aliphatic heterocycles. The molecule has 1 aliphatic carbocycles. The molecule has 3 rings (SSSR count). The maximum Gasteiger partial charge on any atom is 0.213 e. The lowest BCUT2D eigenvalue weighted by Crippen LogP contribution is -2.49. The highest BCUT2D eigenvalue weighted by Crippen LogP contribution is 2.51. The van der Waals surface area contributed by atoms with Crippen LogP contribution >= 0.6 is 23.8 Å². The highest BCUT2D eigenvalue weighted by molar-refractivity contribution is 7.71. The normalized spacial score (nSPS) is 26.5. The zero-order chi connectivity index (χ0) is 16.7. The molecule has 0 saturated heterocycles. The monoisotopic (exact) mass is 351 g/mol. The number of hydrogen-bond donors (Lipinski definition) is 2. The lowest BCUT2D eigenvalue weighted by Gasteiger charge is -2.41. The summed E-state index contributed by atoms with van der Waals surface area (Å²) < 4.78 is 2.24. The minimum atomic E-state index is -0.814. The standard InChI is InChI=1S/C17H22ClN3OS/c1-16(2)8-7-13(9-12-3-5-14(18)6-4-12)17(16,22)10-21-11-19-15(23)20-21/h3-6,11,13,22H,7-10H2,1-2H3,(H,20,23)/t13-,17-/m1/s1. The van der Waals surface area contributed by atoms with Crippen molar-refractivity contribution in [1.82, 2.24) is 14.8 Å². The third-order valence-corrected chi connectivity index (χ3v) is 5.77. The van der Waals surface area contributed by atoms with E-state index in [-0.39, 0.29) is 11.3 Å². The van der Waals surface area contributed by atoms with Gasteiger partial charge in [-0.05, 0) is 60.5 Å². The van der Waals surface area contributed by atoms with Crippen LogP contribution in [0.4, 0.5) is 0 Å². The Labute approximate surface area is 146 Å². The molecule has 1 fully saturated rings. The molecule has 2 atom stereocenters. The van der Waals surface area contributed by atoms with E-state index in [1.807, 2.05) is 24.3 Å². The minimum absolute atomic E-state index is 0.163. The van der Waals surface area contributed by atoms with Crippen molar-refractivity contribution in [3.05, 3.63) is 45.9 Å². The number of halogens is 1. The Hall–Kier alpha value is -1.17. The zero-order valence-corrected chi connectivity index (χ0v) is 15.0. The molecule has 6 heteroatoms. The Morgan fingerprint density at radius 1 is 1.39 bits per heavy atom. The second-order valence-electron chi connectivity index (χ2n) is 7.16. The van der Waals surface area contributed by atoms with Gasteiger partial charge in [-0.25, -0.2) is 4.98 Å². The van der Waals surface area contributed by atoms with Gasteiger partial charge in [0, 0.05) is 5.02 Å². The molecule has 1 heterocycles. The molecule has 0 amide bonds. The smallest absolute Gasteiger partial charge is 0.213 e. The number of benzene rings is 1. The molecule has 2 aromatic rings. The van der Waals surface area contributed by atoms with Gasteiger partial charge in [-0.3, -0.25) is 9.78 Å². The number of hydrogen-bond acceptors (Lipinski definition) is 3. The number of aromatic amines is 1. The Morgan fingerprint density at radius 3 is 2.70 bits per heavy atom. The SMILES string of the molecule is CC1(C)CC[C@H](Cc2ccc(Cl)cc2)[C@]1(O)Cn1cnc(=S)[nH]1. The Bertz CT molecular complexity index is 737. The summed E-state index contributed by atoms with van der Waals surface area (Å²) in [7, 11) is 0. The van der Waals surface area contributed by atoms with E-state index in [2.05, 4.69) is 23.9 Å². The first-order valence-electron chi connectivity index (χ1n) is 7.88. The number of nitrogens with one attached hydrogen (secondary N) is 1. The Kier molecular flexibility index (Phi) is 4.38. The molecule has 0 bridgehead atoms. The second-order valence-corrected chi connectivity index (χ2v) is 7.99. The van der Waals surface area contributed by atoms with Crippen molar-refractivity contribution in [2.45, 2.75) is 45.3 Å². The summed E-state index contributed by atoms with van der Waals surface area (Å²) in [5, 5.41) is 15.3. The van der Waals surface area contributed by atoms with Crippen molar-refractivity contribution in [1.29, 1.82) is 0 Å². The van der Waals surface area contributed by atoms with Gasteiger partial charge in [0.15, 0.2) is 0 Å². The van der Waals surface area contributed by atoms with E-state index in [9.17, 15) is 5.11 Å². The van der Waals surface area contributed by atoms with E-state index in [4.69, 9.17) is 23.8 Å². The van der Waals surface area contributed by atoms with Crippen molar-refractivity contribution in [3.63, 3.8) is 0 Å². The number of H-pyrrole nitrogens is 1. The number of aliphatic hydroxyl groups is 1. The van der Waals surface area contributed by atoms with E-state index < -0.39 is 5.60 Å². The van der Waals surface area contributed by atoms with E-state index >= 15 is 0 Å². The molecule has 0 radical (unpaired) electrons. The van der Waals surface area contributed by atoms with Crippen molar-refractivity contribution >= 4 is 23.8 Å². The van der Waals surface area contributed by atoms with E-state index in [0.29, 0.717) is 11.3 Å². The molecule has 1 saturated carbocycles. The average Bonchev–Trinajstić information content (AvgIpc) is 2.98.